The van der Waals surface area contributed by atoms with E-state index in [4.69, 9.17) is 10.5 Å². The van der Waals surface area contributed by atoms with Gasteiger partial charge < -0.3 is 10.5 Å². The predicted molar refractivity (Wildman–Crippen MR) is 71.5 cm³/mol. The van der Waals surface area contributed by atoms with Crippen molar-refractivity contribution in [3.8, 4) is 11.4 Å². The Balaban J connectivity index is 1.98. The summed E-state index contributed by atoms with van der Waals surface area (Å²) < 4.78 is 7.28. The summed E-state index contributed by atoms with van der Waals surface area (Å²) >= 11 is 0. The van der Waals surface area contributed by atoms with Crippen LogP contribution in [0.2, 0.25) is 0 Å². The van der Waals surface area contributed by atoms with Gasteiger partial charge in [-0.15, -0.1) is 5.10 Å². The number of tetrazole rings is 1. The van der Waals surface area contributed by atoms with Crippen LogP contribution in [0, 0.1) is 6.92 Å². The van der Waals surface area contributed by atoms with Gasteiger partial charge in [0.25, 0.3) is 0 Å². The van der Waals surface area contributed by atoms with Gasteiger partial charge in [-0.25, -0.2) is 4.68 Å². The van der Waals surface area contributed by atoms with Gasteiger partial charge in [0.15, 0.2) is 5.82 Å². The van der Waals surface area contributed by atoms with Crippen molar-refractivity contribution in [3.63, 3.8) is 0 Å². The fourth-order valence-corrected chi connectivity index (χ4v) is 2.50. The van der Waals surface area contributed by atoms with Gasteiger partial charge in [-0.05, 0) is 54.0 Å². The third-order valence-electron chi connectivity index (χ3n) is 3.39. The van der Waals surface area contributed by atoms with Crippen LogP contribution in [-0.4, -0.2) is 33.4 Å². The first-order chi connectivity index (χ1) is 9.24. The Morgan fingerprint density at radius 3 is 2.79 bits per heavy atom. The van der Waals surface area contributed by atoms with Crippen LogP contribution in [0.5, 0.6) is 0 Å². The molecule has 0 saturated carbocycles. The highest BCUT2D eigenvalue weighted by molar-refractivity contribution is 5.62. The molecular formula is C13H17N5O. The molecule has 6 heteroatoms. The second-order valence-electron chi connectivity index (χ2n) is 4.92. The number of nitrogens with two attached hydrogens (primary N) is 1. The van der Waals surface area contributed by atoms with Crippen molar-refractivity contribution in [1.29, 1.82) is 0 Å². The van der Waals surface area contributed by atoms with Crippen LogP contribution in [0.3, 0.4) is 0 Å². The van der Waals surface area contributed by atoms with Crippen LogP contribution in [0.4, 0.5) is 5.69 Å². The number of hydrogen-bond donors (Lipinski definition) is 1. The molecule has 1 fully saturated rings. The predicted octanol–water partition coefficient (Wildman–Crippen LogP) is 1.58. The molecule has 3 rings (SSSR count). The molecule has 0 spiro atoms. The van der Waals surface area contributed by atoms with Crippen LogP contribution >= 0.6 is 0 Å². The van der Waals surface area contributed by atoms with Crippen molar-refractivity contribution < 1.29 is 4.74 Å². The number of hydrogen-bond acceptors (Lipinski definition) is 5. The zero-order valence-electron chi connectivity index (χ0n) is 10.9. The van der Waals surface area contributed by atoms with E-state index < -0.39 is 0 Å². The molecular weight excluding hydrogens is 242 g/mol. The SMILES string of the molecule is Cc1cc(N)cc(-c2nnnn2C2CCOCC2)c1. The largest absolute Gasteiger partial charge is 0.399 e. The van der Waals surface area contributed by atoms with E-state index >= 15 is 0 Å². The van der Waals surface area contributed by atoms with Gasteiger partial charge in [-0.3, -0.25) is 0 Å². The summed E-state index contributed by atoms with van der Waals surface area (Å²) in [6.45, 7) is 3.54. The summed E-state index contributed by atoms with van der Waals surface area (Å²) in [5.41, 5.74) is 8.70. The minimum Gasteiger partial charge on any atom is -0.399 e. The van der Waals surface area contributed by atoms with E-state index in [1.165, 1.54) is 0 Å². The topological polar surface area (TPSA) is 78.9 Å². The summed E-state index contributed by atoms with van der Waals surface area (Å²) in [5.74, 6) is 0.780. The van der Waals surface area contributed by atoms with E-state index in [9.17, 15) is 0 Å². The molecule has 2 heterocycles. The Bertz CT molecular complexity index is 554. The average molecular weight is 259 g/mol. The highest BCUT2D eigenvalue weighted by Crippen LogP contribution is 2.27. The van der Waals surface area contributed by atoms with Crippen LogP contribution < -0.4 is 5.73 Å². The molecule has 1 aromatic heterocycles. The number of nitrogens with zero attached hydrogens (tertiary/aromatic N) is 4. The Kier molecular flexibility index (Phi) is 3.16. The smallest absolute Gasteiger partial charge is 0.182 e. The van der Waals surface area contributed by atoms with E-state index in [1.54, 1.807) is 0 Å². The molecule has 1 saturated heterocycles. The molecule has 0 unspecified atom stereocenters. The maximum Gasteiger partial charge on any atom is 0.182 e. The number of aryl methyl sites for hydroxylation is 1. The van der Waals surface area contributed by atoms with E-state index in [0.717, 1.165) is 48.7 Å². The number of benzene rings is 1. The fraction of sp³-hybridized carbons (Fsp3) is 0.462. The summed E-state index contributed by atoms with van der Waals surface area (Å²) in [4.78, 5) is 0. The van der Waals surface area contributed by atoms with E-state index in [0.29, 0.717) is 6.04 Å². The average Bonchev–Trinajstić information content (AvgIpc) is 2.88. The monoisotopic (exact) mass is 259 g/mol. The second-order valence-corrected chi connectivity index (χ2v) is 4.92. The van der Waals surface area contributed by atoms with Gasteiger partial charge in [0.05, 0.1) is 6.04 Å². The molecule has 6 nitrogen and oxygen atoms in total. The highest BCUT2D eigenvalue weighted by Gasteiger charge is 2.21. The van der Waals surface area contributed by atoms with E-state index in [-0.39, 0.29) is 0 Å². The van der Waals surface area contributed by atoms with Crippen LogP contribution in [-0.2, 0) is 4.74 Å². The second kappa shape index (κ2) is 4.97. The number of rotatable bonds is 2. The van der Waals surface area contributed by atoms with Crippen molar-refractivity contribution in [1.82, 2.24) is 20.2 Å². The van der Waals surface area contributed by atoms with Crippen LogP contribution in [0.25, 0.3) is 11.4 Å². The van der Waals surface area contributed by atoms with Gasteiger partial charge in [0.2, 0.25) is 0 Å². The maximum atomic E-state index is 5.90. The molecule has 1 aliphatic rings. The minimum atomic E-state index is 0.306. The van der Waals surface area contributed by atoms with Crippen molar-refractivity contribution in [2.45, 2.75) is 25.8 Å². The molecule has 19 heavy (non-hydrogen) atoms. The first-order valence-electron chi connectivity index (χ1n) is 6.47. The number of anilines is 1. The minimum absolute atomic E-state index is 0.306. The van der Waals surface area contributed by atoms with Crippen molar-refractivity contribution in [2.75, 3.05) is 18.9 Å². The Morgan fingerprint density at radius 1 is 1.26 bits per heavy atom. The van der Waals surface area contributed by atoms with Gasteiger partial charge in [-0.2, -0.15) is 0 Å². The third-order valence-corrected chi connectivity index (χ3v) is 3.39. The summed E-state index contributed by atoms with van der Waals surface area (Å²) in [6, 6.07) is 6.21. The zero-order valence-corrected chi connectivity index (χ0v) is 10.9. The molecule has 0 atom stereocenters. The van der Waals surface area contributed by atoms with Crippen molar-refractivity contribution in [2.24, 2.45) is 0 Å². The fourth-order valence-electron chi connectivity index (χ4n) is 2.50. The standard InChI is InChI=1S/C13H17N5O/c1-9-6-10(8-11(14)7-9)13-15-16-17-18(13)12-2-4-19-5-3-12/h6-8,12H,2-5,14H2,1H3. The molecule has 0 amide bonds. The lowest BCUT2D eigenvalue weighted by atomic mass is 10.1. The summed E-state index contributed by atoms with van der Waals surface area (Å²) in [7, 11) is 0. The molecule has 100 valence electrons. The number of aromatic nitrogens is 4. The molecule has 1 aromatic carbocycles. The Labute approximate surface area is 111 Å². The van der Waals surface area contributed by atoms with E-state index in [2.05, 4.69) is 21.6 Å². The lowest BCUT2D eigenvalue weighted by molar-refractivity contribution is 0.0662. The maximum absolute atomic E-state index is 5.90. The van der Waals surface area contributed by atoms with Gasteiger partial charge in [0.1, 0.15) is 0 Å². The molecule has 0 bridgehead atoms. The zero-order chi connectivity index (χ0) is 13.2. The number of ether oxygens (including phenoxy) is 1. The Morgan fingerprint density at radius 2 is 2.05 bits per heavy atom. The third kappa shape index (κ3) is 2.44. The Hall–Kier alpha value is -1.95. The van der Waals surface area contributed by atoms with E-state index in [1.807, 2.05) is 23.7 Å². The van der Waals surface area contributed by atoms with Gasteiger partial charge in [0, 0.05) is 24.5 Å². The quantitative estimate of drug-likeness (QED) is 0.828. The molecule has 0 aliphatic carbocycles. The first kappa shape index (κ1) is 12.1. The summed E-state index contributed by atoms with van der Waals surface area (Å²) in [6.07, 6.45) is 1.89. The first-order valence-corrected chi connectivity index (χ1v) is 6.47. The van der Waals surface area contributed by atoms with Crippen LogP contribution in [0.15, 0.2) is 18.2 Å². The van der Waals surface area contributed by atoms with Gasteiger partial charge in [-0.1, -0.05) is 0 Å². The molecule has 2 N–H and O–H groups in total. The lowest BCUT2D eigenvalue weighted by Gasteiger charge is -2.22. The van der Waals surface area contributed by atoms with Gasteiger partial charge >= 0.3 is 0 Å². The van der Waals surface area contributed by atoms with Crippen molar-refractivity contribution >= 4 is 5.69 Å². The van der Waals surface area contributed by atoms with Crippen LogP contribution in [0.1, 0.15) is 24.4 Å². The van der Waals surface area contributed by atoms with Crippen molar-refractivity contribution in [3.05, 3.63) is 23.8 Å². The molecule has 0 radical (unpaired) electrons. The lowest BCUT2D eigenvalue weighted by Crippen LogP contribution is -2.21. The molecule has 1 aliphatic heterocycles. The number of nitrogen functional groups attached to an aromatic ring is 1. The normalized spacial score (nSPS) is 16.7. The highest BCUT2D eigenvalue weighted by atomic mass is 16.5. The molecule has 2 aromatic rings. The summed E-state index contributed by atoms with van der Waals surface area (Å²) in [5, 5.41) is 12.1.